The molecule has 0 saturated carbocycles. The van der Waals surface area contributed by atoms with Gasteiger partial charge < -0.3 is 29.4 Å². The van der Waals surface area contributed by atoms with Crippen molar-refractivity contribution >= 4 is 40.9 Å². The Bertz CT molecular complexity index is 1620. The number of hydrogen-bond donors (Lipinski definition) is 2. The number of nitriles is 1. The normalized spacial score (nSPS) is 11.8. The minimum absolute atomic E-state index is 0. The van der Waals surface area contributed by atoms with Crippen LogP contribution in [-0.2, 0) is 11.3 Å². The fourth-order valence-electron chi connectivity index (χ4n) is 4.80. The molecule has 0 saturated heterocycles. The molecule has 0 unspecified atom stereocenters. The number of anilines is 1. The Morgan fingerprint density at radius 3 is 2.55 bits per heavy atom. The van der Waals surface area contributed by atoms with Gasteiger partial charge in [-0.05, 0) is 74.1 Å². The Kier molecular flexibility index (Phi) is 8.63. The van der Waals surface area contributed by atoms with Crippen molar-refractivity contribution in [1.82, 2.24) is 9.47 Å². The lowest BCUT2D eigenvalue weighted by Crippen LogP contribution is -2.19. The fraction of sp³-hybridized carbons (Fsp3) is 0.233. The van der Waals surface area contributed by atoms with E-state index in [1.807, 2.05) is 61.5 Å². The van der Waals surface area contributed by atoms with Gasteiger partial charge in [-0.15, -0.1) is 12.4 Å². The number of benzene rings is 3. The number of carbonyl (C=O) groups is 2. The maximum absolute atomic E-state index is 12.9. The molecule has 0 spiro atoms. The third kappa shape index (κ3) is 5.88. The van der Waals surface area contributed by atoms with Crippen LogP contribution in [-0.4, -0.2) is 53.9 Å². The summed E-state index contributed by atoms with van der Waals surface area (Å²) >= 11 is 0. The third-order valence-electron chi connectivity index (χ3n) is 6.64. The lowest BCUT2D eigenvalue weighted by Gasteiger charge is -2.11. The molecule has 2 N–H and O–H groups in total. The summed E-state index contributed by atoms with van der Waals surface area (Å²) in [5.41, 5.74) is 3.88. The molecule has 2 heterocycles. The van der Waals surface area contributed by atoms with Gasteiger partial charge in [0, 0.05) is 18.4 Å². The molecule has 1 aliphatic rings. The third-order valence-corrected chi connectivity index (χ3v) is 6.64. The molecule has 4 aromatic rings. The number of hydrogen-bond acceptors (Lipinski definition) is 6. The van der Waals surface area contributed by atoms with Gasteiger partial charge in [0.1, 0.15) is 0 Å². The van der Waals surface area contributed by atoms with Crippen LogP contribution in [0, 0.1) is 11.3 Å². The lowest BCUT2D eigenvalue weighted by molar-refractivity contribution is -0.116. The summed E-state index contributed by atoms with van der Waals surface area (Å²) in [4.78, 5) is 27.5. The van der Waals surface area contributed by atoms with E-state index >= 15 is 0 Å². The maximum Gasteiger partial charge on any atom is 0.354 e. The number of nitrogens with one attached hydrogen (secondary N) is 1. The second-order valence-electron chi connectivity index (χ2n) is 9.68. The van der Waals surface area contributed by atoms with Crippen molar-refractivity contribution in [3.05, 3.63) is 77.5 Å². The van der Waals surface area contributed by atoms with Gasteiger partial charge in [0.15, 0.2) is 17.2 Å². The number of aromatic carboxylic acids is 1. The van der Waals surface area contributed by atoms with Crippen LogP contribution in [0.5, 0.6) is 11.5 Å². The first kappa shape index (κ1) is 28.5. The van der Waals surface area contributed by atoms with Crippen molar-refractivity contribution in [2.75, 3.05) is 32.7 Å². The Labute approximate surface area is 237 Å². The van der Waals surface area contributed by atoms with Gasteiger partial charge in [-0.3, -0.25) is 4.79 Å². The van der Waals surface area contributed by atoms with Crippen molar-refractivity contribution in [1.29, 1.82) is 5.26 Å². The van der Waals surface area contributed by atoms with E-state index in [-0.39, 0.29) is 49.5 Å². The maximum atomic E-state index is 12.9. The summed E-state index contributed by atoms with van der Waals surface area (Å²) < 4.78 is 12.6. The zero-order valence-corrected chi connectivity index (χ0v) is 23.0. The molecular weight excluding hydrogens is 532 g/mol. The van der Waals surface area contributed by atoms with Crippen LogP contribution in [0.2, 0.25) is 0 Å². The van der Waals surface area contributed by atoms with Crippen molar-refractivity contribution < 1.29 is 24.2 Å². The second-order valence-corrected chi connectivity index (χ2v) is 9.68. The Morgan fingerprint density at radius 1 is 1.05 bits per heavy atom. The van der Waals surface area contributed by atoms with Crippen molar-refractivity contribution in [2.45, 2.75) is 19.4 Å². The zero-order valence-electron chi connectivity index (χ0n) is 22.1. The number of carboxylic acid groups (broad SMARTS) is 1. The van der Waals surface area contributed by atoms with Crippen LogP contribution >= 0.6 is 12.4 Å². The molecule has 10 heteroatoms. The summed E-state index contributed by atoms with van der Waals surface area (Å²) in [5, 5.41) is 23.2. The van der Waals surface area contributed by atoms with E-state index in [2.05, 4.69) is 11.4 Å². The standard InChI is InChI=1S/C30H28N4O5.ClH/c1-33(2)12-4-7-27(35)32-28-23-10-8-21(22-9-11-25-26(15-22)39-18-38-25)14-24(23)34(29(28)30(36)37)17-20-6-3-5-19(13-20)16-31;/h3,5-6,8-11,13-15H,4,7,12,17-18H2,1-2H3,(H,32,35)(H,36,37);1H. The minimum atomic E-state index is -1.16. The summed E-state index contributed by atoms with van der Waals surface area (Å²) in [5.74, 6) is -0.0817. The molecule has 9 nitrogen and oxygen atoms in total. The Balaban J connectivity index is 0.00000370. The number of rotatable bonds is 9. The first-order valence-electron chi connectivity index (χ1n) is 12.6. The van der Waals surface area contributed by atoms with Gasteiger partial charge in [-0.2, -0.15) is 5.26 Å². The highest BCUT2D eigenvalue weighted by atomic mass is 35.5. The van der Waals surface area contributed by atoms with Gasteiger partial charge in [0.05, 0.1) is 22.8 Å². The molecule has 5 rings (SSSR count). The van der Waals surface area contributed by atoms with Crippen molar-refractivity contribution in [3.63, 3.8) is 0 Å². The molecular formula is C30H29ClN4O5. The number of nitrogens with zero attached hydrogens (tertiary/aromatic N) is 3. The molecule has 1 amide bonds. The predicted molar refractivity (Wildman–Crippen MR) is 154 cm³/mol. The molecule has 1 aliphatic heterocycles. The fourth-order valence-corrected chi connectivity index (χ4v) is 4.80. The van der Waals surface area contributed by atoms with Crippen LogP contribution in [0.25, 0.3) is 22.0 Å². The van der Waals surface area contributed by atoms with E-state index in [0.717, 1.165) is 23.2 Å². The highest BCUT2D eigenvalue weighted by Crippen LogP contribution is 2.39. The van der Waals surface area contributed by atoms with E-state index in [1.165, 1.54) is 0 Å². The monoisotopic (exact) mass is 560 g/mol. The quantitative estimate of drug-likeness (QED) is 0.283. The topological polar surface area (TPSA) is 117 Å². The van der Waals surface area contributed by atoms with Gasteiger partial charge in [-0.25, -0.2) is 4.79 Å². The van der Waals surface area contributed by atoms with Crippen LogP contribution in [0.15, 0.2) is 60.7 Å². The highest BCUT2D eigenvalue weighted by molar-refractivity contribution is 6.11. The number of aromatic nitrogens is 1. The van der Waals surface area contributed by atoms with Gasteiger partial charge in [0.25, 0.3) is 0 Å². The van der Waals surface area contributed by atoms with E-state index in [9.17, 15) is 20.0 Å². The first-order valence-corrected chi connectivity index (χ1v) is 12.6. The summed E-state index contributed by atoms with van der Waals surface area (Å²) in [7, 11) is 3.88. The summed E-state index contributed by atoms with van der Waals surface area (Å²) in [6.07, 6.45) is 0.915. The number of carboxylic acids is 1. The molecule has 206 valence electrons. The van der Waals surface area contributed by atoms with Gasteiger partial charge >= 0.3 is 5.97 Å². The molecule has 0 aliphatic carbocycles. The largest absolute Gasteiger partial charge is 0.477 e. The molecule has 1 aromatic heterocycles. The van der Waals surface area contributed by atoms with E-state index in [0.29, 0.717) is 34.4 Å². The van der Waals surface area contributed by atoms with Crippen LogP contribution in [0.1, 0.15) is 34.5 Å². The number of ether oxygens (including phenoxy) is 2. The average Bonchev–Trinajstić information content (AvgIpc) is 3.50. The van der Waals surface area contributed by atoms with Crippen molar-refractivity contribution in [2.24, 2.45) is 0 Å². The number of fused-ring (bicyclic) bond motifs is 2. The Hall–Kier alpha value is -4.52. The Morgan fingerprint density at radius 2 is 1.80 bits per heavy atom. The molecule has 3 aromatic carbocycles. The zero-order chi connectivity index (χ0) is 27.5. The second kappa shape index (κ2) is 12.1. The summed E-state index contributed by atoms with van der Waals surface area (Å²) in [6.45, 7) is 1.12. The molecule has 0 atom stereocenters. The van der Waals surface area contributed by atoms with Gasteiger partial charge in [0.2, 0.25) is 12.7 Å². The SMILES string of the molecule is CN(C)CCCC(=O)Nc1c(C(=O)O)n(Cc2cccc(C#N)c2)c2cc(-c3ccc4c(c3)OCO4)ccc12.Cl. The molecule has 40 heavy (non-hydrogen) atoms. The number of halogens is 1. The van der Waals surface area contributed by atoms with Crippen LogP contribution in [0.4, 0.5) is 5.69 Å². The van der Waals surface area contributed by atoms with Crippen molar-refractivity contribution in [3.8, 4) is 28.7 Å². The number of amides is 1. The number of carbonyl (C=O) groups excluding carboxylic acids is 1. The van der Waals surface area contributed by atoms with E-state index in [1.54, 1.807) is 22.8 Å². The highest BCUT2D eigenvalue weighted by Gasteiger charge is 2.25. The first-order chi connectivity index (χ1) is 18.8. The average molecular weight is 561 g/mol. The van der Waals surface area contributed by atoms with Crippen LogP contribution < -0.4 is 14.8 Å². The molecule has 0 fully saturated rings. The molecule has 0 bridgehead atoms. The van der Waals surface area contributed by atoms with E-state index in [4.69, 9.17) is 9.47 Å². The lowest BCUT2D eigenvalue weighted by atomic mass is 10.0. The minimum Gasteiger partial charge on any atom is -0.477 e. The van der Waals surface area contributed by atoms with Gasteiger partial charge in [-0.1, -0.05) is 30.3 Å². The smallest absolute Gasteiger partial charge is 0.354 e. The predicted octanol–water partition coefficient (Wildman–Crippen LogP) is 5.36. The summed E-state index contributed by atoms with van der Waals surface area (Å²) in [6, 6.07) is 20.5. The van der Waals surface area contributed by atoms with E-state index < -0.39 is 5.97 Å². The van der Waals surface area contributed by atoms with Crippen LogP contribution in [0.3, 0.4) is 0 Å². The molecule has 0 radical (unpaired) electrons.